The molecular weight excluding hydrogens is 284 g/mol. The van der Waals surface area contributed by atoms with Crippen LogP contribution < -0.4 is 4.74 Å². The van der Waals surface area contributed by atoms with Gasteiger partial charge < -0.3 is 9.84 Å². The van der Waals surface area contributed by atoms with Crippen LogP contribution in [-0.2, 0) is 10.2 Å². The summed E-state index contributed by atoms with van der Waals surface area (Å²) >= 11 is 3.40. The van der Waals surface area contributed by atoms with Gasteiger partial charge in [0.25, 0.3) is 0 Å². The van der Waals surface area contributed by atoms with E-state index in [0.29, 0.717) is 18.6 Å². The van der Waals surface area contributed by atoms with Crippen molar-refractivity contribution in [3.63, 3.8) is 0 Å². The molecule has 0 radical (unpaired) electrons. The Bertz CT molecular complexity index is 436. The van der Waals surface area contributed by atoms with E-state index in [-0.39, 0.29) is 0 Å². The van der Waals surface area contributed by atoms with Crippen LogP contribution in [0.25, 0.3) is 0 Å². The van der Waals surface area contributed by atoms with Crippen molar-refractivity contribution in [2.24, 2.45) is 0 Å². The van der Waals surface area contributed by atoms with Crippen LogP contribution in [0.1, 0.15) is 31.2 Å². The lowest BCUT2D eigenvalue weighted by Crippen LogP contribution is -2.33. The number of ether oxygens (including phenoxy) is 1. The number of aliphatic carboxylic acids is 1. The zero-order valence-corrected chi connectivity index (χ0v) is 11.3. The molecule has 3 nitrogen and oxygen atoms in total. The van der Waals surface area contributed by atoms with E-state index in [1.807, 2.05) is 18.2 Å². The molecule has 0 unspecified atom stereocenters. The number of rotatable bonds is 3. The van der Waals surface area contributed by atoms with Gasteiger partial charge in [-0.1, -0.05) is 28.8 Å². The van der Waals surface area contributed by atoms with E-state index in [1.54, 1.807) is 7.11 Å². The fourth-order valence-electron chi connectivity index (χ4n) is 2.63. The Morgan fingerprint density at radius 3 is 2.59 bits per heavy atom. The molecule has 1 aliphatic carbocycles. The highest BCUT2D eigenvalue weighted by Crippen LogP contribution is 2.45. The van der Waals surface area contributed by atoms with E-state index >= 15 is 0 Å². The third-order valence-electron chi connectivity index (χ3n) is 3.54. The maximum Gasteiger partial charge on any atom is 0.314 e. The number of methoxy groups -OCH3 is 1. The van der Waals surface area contributed by atoms with Crippen molar-refractivity contribution in [1.82, 2.24) is 0 Å². The highest BCUT2D eigenvalue weighted by atomic mass is 79.9. The molecule has 0 bridgehead atoms. The standard InChI is InChI=1S/C13H15BrO3/c1-17-11-5-4-9(14)8-10(11)13(12(15)16)6-2-3-7-13/h4-5,8H,2-3,6-7H2,1H3,(H,15,16). The average molecular weight is 299 g/mol. The van der Waals surface area contributed by atoms with Crippen molar-refractivity contribution in [3.05, 3.63) is 28.2 Å². The molecule has 0 aromatic heterocycles. The van der Waals surface area contributed by atoms with Crippen LogP contribution in [0.15, 0.2) is 22.7 Å². The van der Waals surface area contributed by atoms with Gasteiger partial charge in [0, 0.05) is 10.0 Å². The number of hydrogen-bond donors (Lipinski definition) is 1. The second-order valence-corrected chi connectivity index (χ2v) is 5.35. The second kappa shape index (κ2) is 4.69. The maximum atomic E-state index is 11.6. The molecule has 4 heteroatoms. The van der Waals surface area contributed by atoms with Crippen molar-refractivity contribution >= 4 is 21.9 Å². The quantitative estimate of drug-likeness (QED) is 0.931. The minimum Gasteiger partial charge on any atom is -0.496 e. The van der Waals surface area contributed by atoms with E-state index < -0.39 is 11.4 Å². The zero-order chi connectivity index (χ0) is 12.5. The Hall–Kier alpha value is -1.03. The van der Waals surface area contributed by atoms with Gasteiger partial charge in [0.2, 0.25) is 0 Å². The van der Waals surface area contributed by atoms with Gasteiger partial charge in [0.1, 0.15) is 5.75 Å². The highest BCUT2D eigenvalue weighted by molar-refractivity contribution is 9.10. The van der Waals surface area contributed by atoms with Gasteiger partial charge in [-0.25, -0.2) is 0 Å². The van der Waals surface area contributed by atoms with E-state index in [2.05, 4.69) is 15.9 Å². The number of halogens is 1. The molecule has 1 saturated carbocycles. The molecule has 0 heterocycles. The van der Waals surface area contributed by atoms with Gasteiger partial charge in [-0.05, 0) is 31.0 Å². The molecule has 0 spiro atoms. The van der Waals surface area contributed by atoms with E-state index in [1.165, 1.54) is 0 Å². The Balaban J connectivity index is 2.56. The first-order valence-electron chi connectivity index (χ1n) is 5.67. The van der Waals surface area contributed by atoms with Gasteiger partial charge in [0.15, 0.2) is 0 Å². The van der Waals surface area contributed by atoms with E-state index in [4.69, 9.17) is 4.74 Å². The Labute approximate surface area is 109 Å². The first kappa shape index (κ1) is 12.4. The van der Waals surface area contributed by atoms with Gasteiger partial charge in [0.05, 0.1) is 12.5 Å². The van der Waals surface area contributed by atoms with Crippen LogP contribution in [0.2, 0.25) is 0 Å². The van der Waals surface area contributed by atoms with Crippen molar-refractivity contribution in [1.29, 1.82) is 0 Å². The zero-order valence-electron chi connectivity index (χ0n) is 9.70. The lowest BCUT2D eigenvalue weighted by molar-refractivity contribution is -0.143. The summed E-state index contributed by atoms with van der Waals surface area (Å²) in [7, 11) is 1.58. The Morgan fingerprint density at radius 2 is 2.06 bits per heavy atom. The SMILES string of the molecule is COc1ccc(Br)cc1C1(C(=O)O)CCCC1. The topological polar surface area (TPSA) is 46.5 Å². The van der Waals surface area contributed by atoms with Crippen LogP contribution in [0.4, 0.5) is 0 Å². The highest BCUT2D eigenvalue weighted by Gasteiger charge is 2.44. The molecule has 1 N–H and O–H groups in total. The average Bonchev–Trinajstić information content (AvgIpc) is 2.79. The Morgan fingerprint density at radius 1 is 1.41 bits per heavy atom. The number of carboxylic acids is 1. The molecule has 0 atom stereocenters. The number of benzene rings is 1. The third-order valence-corrected chi connectivity index (χ3v) is 4.04. The van der Waals surface area contributed by atoms with Crippen molar-refractivity contribution < 1.29 is 14.6 Å². The first-order chi connectivity index (χ1) is 8.10. The summed E-state index contributed by atoms with van der Waals surface area (Å²) in [6, 6.07) is 5.56. The fraction of sp³-hybridized carbons (Fsp3) is 0.462. The lowest BCUT2D eigenvalue weighted by Gasteiger charge is -2.26. The largest absolute Gasteiger partial charge is 0.496 e. The van der Waals surface area contributed by atoms with Crippen LogP contribution in [0, 0.1) is 0 Å². The van der Waals surface area contributed by atoms with Crippen LogP contribution in [0.3, 0.4) is 0 Å². The molecule has 1 aromatic carbocycles. The predicted molar refractivity (Wildman–Crippen MR) is 68.5 cm³/mol. The van der Waals surface area contributed by atoms with Crippen LogP contribution >= 0.6 is 15.9 Å². The predicted octanol–water partition coefficient (Wildman–Crippen LogP) is 3.35. The molecule has 1 aromatic rings. The number of hydrogen-bond acceptors (Lipinski definition) is 2. The fourth-order valence-corrected chi connectivity index (χ4v) is 2.99. The van der Waals surface area contributed by atoms with E-state index in [9.17, 15) is 9.90 Å². The van der Waals surface area contributed by atoms with Crippen molar-refractivity contribution in [2.45, 2.75) is 31.1 Å². The van der Waals surface area contributed by atoms with Gasteiger partial charge in [-0.3, -0.25) is 4.79 Å². The normalized spacial score (nSPS) is 18.0. The second-order valence-electron chi connectivity index (χ2n) is 4.44. The smallest absolute Gasteiger partial charge is 0.314 e. The monoisotopic (exact) mass is 298 g/mol. The molecule has 1 fully saturated rings. The van der Waals surface area contributed by atoms with Gasteiger partial charge in [-0.2, -0.15) is 0 Å². The summed E-state index contributed by atoms with van der Waals surface area (Å²) < 4.78 is 6.19. The van der Waals surface area contributed by atoms with Crippen LogP contribution in [-0.4, -0.2) is 18.2 Å². The molecular formula is C13H15BrO3. The molecule has 0 saturated heterocycles. The van der Waals surface area contributed by atoms with Gasteiger partial charge in [-0.15, -0.1) is 0 Å². The van der Waals surface area contributed by atoms with Crippen LogP contribution in [0.5, 0.6) is 5.75 Å². The first-order valence-corrected chi connectivity index (χ1v) is 6.47. The number of carboxylic acid groups (broad SMARTS) is 1. The molecule has 1 aliphatic rings. The number of carbonyl (C=O) groups is 1. The molecule has 17 heavy (non-hydrogen) atoms. The third kappa shape index (κ3) is 2.06. The summed E-state index contributed by atoms with van der Waals surface area (Å²) in [6.45, 7) is 0. The van der Waals surface area contributed by atoms with Crippen molar-refractivity contribution in [2.75, 3.05) is 7.11 Å². The summed E-state index contributed by atoms with van der Waals surface area (Å²) in [4.78, 5) is 11.6. The summed E-state index contributed by atoms with van der Waals surface area (Å²) in [6.07, 6.45) is 3.30. The maximum absolute atomic E-state index is 11.6. The Kier molecular flexibility index (Phi) is 3.43. The molecule has 0 aliphatic heterocycles. The van der Waals surface area contributed by atoms with Crippen molar-refractivity contribution in [3.8, 4) is 5.75 Å². The molecule has 0 amide bonds. The summed E-state index contributed by atoms with van der Waals surface area (Å²) in [5.41, 5.74) is 0.0224. The summed E-state index contributed by atoms with van der Waals surface area (Å²) in [5.74, 6) is -0.0797. The van der Waals surface area contributed by atoms with E-state index in [0.717, 1.165) is 22.9 Å². The molecule has 2 rings (SSSR count). The minimum absolute atomic E-state index is 0.664. The molecule has 92 valence electrons. The lowest BCUT2D eigenvalue weighted by atomic mass is 9.78. The van der Waals surface area contributed by atoms with Gasteiger partial charge >= 0.3 is 5.97 Å². The summed E-state index contributed by atoms with van der Waals surface area (Å²) in [5, 5.41) is 9.56. The minimum atomic E-state index is -0.769.